The van der Waals surface area contributed by atoms with Crippen LogP contribution >= 0.6 is 11.3 Å². The van der Waals surface area contributed by atoms with Crippen LogP contribution < -0.4 is 5.32 Å². The number of carbonyl (C=O) groups is 2. The molecule has 0 unspecified atom stereocenters. The highest BCUT2D eigenvalue weighted by Gasteiger charge is 2.12. The van der Waals surface area contributed by atoms with Crippen LogP contribution in [0, 0.1) is 0 Å². The van der Waals surface area contributed by atoms with Gasteiger partial charge in [0.1, 0.15) is 5.01 Å². The standard InChI is InChI=1S/C20H19N3O3S/c1-2-14-5-7-16(8-6-14)22-18(24)12-26-19(25)10-17-13-27-20(23-17)15-4-3-9-21-11-15/h3-9,11,13H,2,10,12H2,1H3,(H,22,24). The van der Waals surface area contributed by atoms with E-state index in [9.17, 15) is 9.59 Å². The van der Waals surface area contributed by atoms with E-state index in [1.54, 1.807) is 17.8 Å². The summed E-state index contributed by atoms with van der Waals surface area (Å²) in [6, 6.07) is 11.3. The Labute approximate surface area is 161 Å². The third-order valence-corrected chi connectivity index (χ3v) is 4.74. The molecule has 1 N–H and O–H groups in total. The van der Waals surface area contributed by atoms with E-state index < -0.39 is 5.97 Å². The molecule has 1 aromatic carbocycles. The van der Waals surface area contributed by atoms with Gasteiger partial charge >= 0.3 is 5.97 Å². The van der Waals surface area contributed by atoms with E-state index in [0.29, 0.717) is 11.4 Å². The van der Waals surface area contributed by atoms with E-state index in [4.69, 9.17) is 4.74 Å². The molecule has 0 aliphatic carbocycles. The molecular formula is C20H19N3O3S. The average molecular weight is 381 g/mol. The second-order valence-electron chi connectivity index (χ2n) is 5.82. The van der Waals surface area contributed by atoms with Crippen molar-refractivity contribution >= 4 is 28.9 Å². The Morgan fingerprint density at radius 2 is 2.00 bits per heavy atom. The van der Waals surface area contributed by atoms with Crippen LogP contribution in [-0.4, -0.2) is 28.5 Å². The highest BCUT2D eigenvalue weighted by atomic mass is 32.1. The van der Waals surface area contributed by atoms with Gasteiger partial charge in [-0.25, -0.2) is 4.98 Å². The first kappa shape index (κ1) is 18.7. The fourth-order valence-corrected chi connectivity index (χ4v) is 3.19. The van der Waals surface area contributed by atoms with Gasteiger partial charge in [-0.1, -0.05) is 19.1 Å². The van der Waals surface area contributed by atoms with Crippen LogP contribution in [0.5, 0.6) is 0 Å². The van der Waals surface area contributed by atoms with Crippen molar-refractivity contribution in [1.29, 1.82) is 0 Å². The Hall–Kier alpha value is -3.06. The van der Waals surface area contributed by atoms with Crippen LogP contribution in [0.1, 0.15) is 18.2 Å². The molecule has 0 spiro atoms. The second kappa shape index (κ2) is 9.05. The van der Waals surface area contributed by atoms with Gasteiger partial charge in [-0.15, -0.1) is 11.3 Å². The van der Waals surface area contributed by atoms with Gasteiger partial charge in [0.25, 0.3) is 5.91 Å². The first-order valence-corrected chi connectivity index (χ1v) is 9.41. The predicted octanol–water partition coefficient (Wildman–Crippen LogP) is 3.49. The Morgan fingerprint density at radius 3 is 2.70 bits per heavy atom. The number of nitrogens with zero attached hydrogens (tertiary/aromatic N) is 2. The van der Waals surface area contributed by atoms with E-state index in [0.717, 1.165) is 17.0 Å². The highest BCUT2D eigenvalue weighted by molar-refractivity contribution is 7.13. The molecule has 3 rings (SSSR count). The van der Waals surface area contributed by atoms with Crippen molar-refractivity contribution < 1.29 is 14.3 Å². The van der Waals surface area contributed by atoms with Crippen molar-refractivity contribution in [2.24, 2.45) is 0 Å². The quantitative estimate of drug-likeness (QED) is 0.634. The first-order valence-electron chi connectivity index (χ1n) is 8.53. The van der Waals surface area contributed by atoms with Crippen molar-refractivity contribution in [2.45, 2.75) is 19.8 Å². The molecule has 0 atom stereocenters. The number of hydrogen-bond acceptors (Lipinski definition) is 6. The molecule has 0 radical (unpaired) electrons. The maximum atomic E-state index is 11.9. The molecular weight excluding hydrogens is 362 g/mol. The van der Waals surface area contributed by atoms with E-state index in [-0.39, 0.29) is 18.9 Å². The molecule has 7 heteroatoms. The number of aryl methyl sites for hydroxylation is 1. The van der Waals surface area contributed by atoms with Crippen molar-refractivity contribution in [3.63, 3.8) is 0 Å². The Bertz CT molecular complexity index is 908. The molecule has 0 bridgehead atoms. The van der Waals surface area contributed by atoms with Gasteiger partial charge < -0.3 is 10.1 Å². The number of benzene rings is 1. The lowest BCUT2D eigenvalue weighted by atomic mass is 10.1. The van der Waals surface area contributed by atoms with Crippen molar-refractivity contribution in [3.8, 4) is 10.6 Å². The van der Waals surface area contributed by atoms with Crippen LogP contribution in [0.3, 0.4) is 0 Å². The van der Waals surface area contributed by atoms with Gasteiger partial charge in [0.15, 0.2) is 6.61 Å². The second-order valence-corrected chi connectivity index (χ2v) is 6.68. The summed E-state index contributed by atoms with van der Waals surface area (Å²) >= 11 is 1.44. The predicted molar refractivity (Wildman–Crippen MR) is 104 cm³/mol. The maximum absolute atomic E-state index is 11.9. The number of amides is 1. The van der Waals surface area contributed by atoms with Gasteiger partial charge in [0, 0.05) is 29.0 Å². The zero-order chi connectivity index (χ0) is 19.1. The van der Waals surface area contributed by atoms with Crippen LogP contribution in [0.4, 0.5) is 5.69 Å². The minimum atomic E-state index is -0.491. The molecule has 0 saturated heterocycles. The summed E-state index contributed by atoms with van der Waals surface area (Å²) in [6.07, 6.45) is 4.37. The minimum Gasteiger partial charge on any atom is -0.455 e. The SMILES string of the molecule is CCc1ccc(NC(=O)COC(=O)Cc2csc(-c3cccnc3)n2)cc1. The Morgan fingerprint density at radius 1 is 1.19 bits per heavy atom. The fourth-order valence-electron chi connectivity index (χ4n) is 2.38. The smallest absolute Gasteiger partial charge is 0.312 e. The molecule has 0 aliphatic rings. The topological polar surface area (TPSA) is 81.2 Å². The summed E-state index contributed by atoms with van der Waals surface area (Å²) in [5, 5.41) is 5.30. The number of aromatic nitrogens is 2. The Kier molecular flexibility index (Phi) is 6.27. The van der Waals surface area contributed by atoms with E-state index >= 15 is 0 Å². The van der Waals surface area contributed by atoms with Gasteiger partial charge in [0.05, 0.1) is 12.1 Å². The maximum Gasteiger partial charge on any atom is 0.312 e. The monoisotopic (exact) mass is 381 g/mol. The van der Waals surface area contributed by atoms with Gasteiger partial charge in [0.2, 0.25) is 0 Å². The zero-order valence-electron chi connectivity index (χ0n) is 14.8. The molecule has 0 aliphatic heterocycles. The Balaban J connectivity index is 1.46. The summed E-state index contributed by atoms with van der Waals surface area (Å²) in [6.45, 7) is 1.74. The molecule has 3 aromatic rings. The van der Waals surface area contributed by atoms with Gasteiger partial charge in [-0.2, -0.15) is 0 Å². The number of hydrogen-bond donors (Lipinski definition) is 1. The normalized spacial score (nSPS) is 10.4. The van der Waals surface area contributed by atoms with Crippen LogP contribution in [0.25, 0.3) is 10.6 Å². The lowest BCUT2D eigenvalue weighted by molar-refractivity contribution is -0.146. The molecule has 0 fully saturated rings. The number of rotatable bonds is 7. The van der Waals surface area contributed by atoms with Crippen LogP contribution in [0.2, 0.25) is 0 Å². The molecule has 6 nitrogen and oxygen atoms in total. The molecule has 0 saturated carbocycles. The summed E-state index contributed by atoms with van der Waals surface area (Å²) in [4.78, 5) is 32.3. The third-order valence-electron chi connectivity index (χ3n) is 3.80. The zero-order valence-corrected chi connectivity index (χ0v) is 15.7. The molecule has 138 valence electrons. The molecule has 1 amide bonds. The summed E-state index contributed by atoms with van der Waals surface area (Å²) < 4.78 is 5.04. The number of thiazole rings is 1. The van der Waals surface area contributed by atoms with Crippen LogP contribution in [0.15, 0.2) is 54.2 Å². The van der Waals surface area contributed by atoms with E-state index in [2.05, 4.69) is 22.2 Å². The third kappa shape index (κ3) is 5.46. The highest BCUT2D eigenvalue weighted by Crippen LogP contribution is 2.22. The largest absolute Gasteiger partial charge is 0.455 e. The lowest BCUT2D eigenvalue weighted by Crippen LogP contribution is -2.21. The molecule has 2 heterocycles. The molecule has 27 heavy (non-hydrogen) atoms. The fraction of sp³-hybridized carbons (Fsp3) is 0.200. The number of ether oxygens (including phenoxy) is 1. The van der Waals surface area contributed by atoms with Crippen LogP contribution in [-0.2, 0) is 27.2 Å². The number of pyridine rings is 1. The van der Waals surface area contributed by atoms with E-state index in [1.807, 2.05) is 36.4 Å². The number of anilines is 1. The number of esters is 1. The summed E-state index contributed by atoms with van der Waals surface area (Å²) in [5.41, 5.74) is 3.37. The first-order chi connectivity index (χ1) is 13.1. The number of nitrogens with one attached hydrogen (secondary N) is 1. The van der Waals surface area contributed by atoms with Crippen molar-refractivity contribution in [3.05, 3.63) is 65.4 Å². The van der Waals surface area contributed by atoms with Gasteiger partial charge in [-0.3, -0.25) is 14.6 Å². The lowest BCUT2D eigenvalue weighted by Gasteiger charge is -2.07. The van der Waals surface area contributed by atoms with Crippen molar-refractivity contribution in [2.75, 3.05) is 11.9 Å². The van der Waals surface area contributed by atoms with Gasteiger partial charge in [-0.05, 0) is 36.2 Å². The molecule has 2 aromatic heterocycles. The van der Waals surface area contributed by atoms with E-state index in [1.165, 1.54) is 16.9 Å². The summed E-state index contributed by atoms with van der Waals surface area (Å²) in [5.74, 6) is -0.864. The average Bonchev–Trinajstić information content (AvgIpc) is 3.16. The summed E-state index contributed by atoms with van der Waals surface area (Å²) in [7, 11) is 0. The minimum absolute atomic E-state index is 0.0231. The van der Waals surface area contributed by atoms with Crippen molar-refractivity contribution in [1.82, 2.24) is 9.97 Å². The number of carbonyl (C=O) groups excluding carboxylic acids is 2.